The lowest BCUT2D eigenvalue weighted by molar-refractivity contribution is -0.138. The molecule has 0 radical (unpaired) electrons. The summed E-state index contributed by atoms with van der Waals surface area (Å²) in [4.78, 5) is 28.6. The summed E-state index contributed by atoms with van der Waals surface area (Å²) in [5.74, 6) is -0.0123. The Labute approximate surface area is 243 Å². The molecule has 2 aromatic carbocycles. The van der Waals surface area contributed by atoms with Gasteiger partial charge in [0.1, 0.15) is 6.61 Å². The number of carbonyl (C=O) groups is 2. The van der Waals surface area contributed by atoms with E-state index in [1.807, 2.05) is 31.0 Å². The molecule has 4 rings (SSSR count). The Bertz CT molecular complexity index is 1380. The zero-order chi connectivity index (χ0) is 30.6. The summed E-state index contributed by atoms with van der Waals surface area (Å²) >= 11 is 0. The first kappa shape index (κ1) is 31.0. The third kappa shape index (κ3) is 6.25. The van der Waals surface area contributed by atoms with Crippen molar-refractivity contribution >= 4 is 12.4 Å². The highest BCUT2D eigenvalue weighted by Crippen LogP contribution is 2.44. The Hall–Kier alpha value is -3.99. The molecule has 2 aliphatic heterocycles. The summed E-state index contributed by atoms with van der Waals surface area (Å²) in [6.45, 7) is 4.10. The zero-order valence-electron chi connectivity index (χ0n) is 24.3. The van der Waals surface area contributed by atoms with Crippen molar-refractivity contribution in [1.29, 1.82) is 0 Å². The molecule has 0 saturated heterocycles. The Kier molecular flexibility index (Phi) is 9.50. The highest BCUT2D eigenvalue weighted by molar-refractivity contribution is 5.92. The van der Waals surface area contributed by atoms with Crippen LogP contribution in [0.5, 0.6) is 11.5 Å². The lowest BCUT2D eigenvalue weighted by atomic mass is 9.79. The molecule has 0 saturated carbocycles. The van der Waals surface area contributed by atoms with Crippen molar-refractivity contribution in [3.05, 3.63) is 81.2 Å². The van der Waals surface area contributed by atoms with Crippen molar-refractivity contribution < 1.29 is 41.7 Å². The second-order valence-electron chi connectivity index (χ2n) is 10.2. The maximum Gasteiger partial charge on any atom is 0.416 e. The van der Waals surface area contributed by atoms with Gasteiger partial charge in [0.25, 0.3) is 6.47 Å². The number of rotatable bonds is 10. The van der Waals surface area contributed by atoms with Crippen LogP contribution in [0.4, 0.5) is 13.2 Å². The van der Waals surface area contributed by atoms with E-state index in [-0.39, 0.29) is 6.61 Å². The quantitative estimate of drug-likeness (QED) is 0.281. The van der Waals surface area contributed by atoms with E-state index >= 15 is 0 Å². The van der Waals surface area contributed by atoms with Crippen molar-refractivity contribution in [3.63, 3.8) is 0 Å². The Morgan fingerprint density at radius 3 is 2.26 bits per heavy atom. The molecule has 226 valence electrons. The number of alkyl halides is 3. The van der Waals surface area contributed by atoms with Crippen LogP contribution >= 0.6 is 0 Å². The zero-order valence-corrected chi connectivity index (χ0v) is 24.3. The van der Waals surface area contributed by atoms with Crippen LogP contribution < -0.4 is 9.47 Å². The highest BCUT2D eigenvalue weighted by atomic mass is 19.4. The molecular weight excluding hydrogens is 553 g/mol. The van der Waals surface area contributed by atoms with Crippen LogP contribution in [0.15, 0.2) is 58.9 Å². The van der Waals surface area contributed by atoms with Crippen LogP contribution in [0.1, 0.15) is 41.5 Å². The molecule has 42 heavy (non-hydrogen) atoms. The molecule has 1 atom stereocenters. The van der Waals surface area contributed by atoms with Gasteiger partial charge in [0.05, 0.1) is 32.5 Å². The van der Waals surface area contributed by atoms with Gasteiger partial charge in [-0.25, -0.2) is 4.79 Å². The van der Waals surface area contributed by atoms with E-state index in [2.05, 4.69) is 4.90 Å². The molecule has 1 unspecified atom stereocenters. The minimum absolute atomic E-state index is 0.132. The van der Waals surface area contributed by atoms with Gasteiger partial charge in [-0.2, -0.15) is 13.2 Å². The van der Waals surface area contributed by atoms with Gasteiger partial charge >= 0.3 is 12.1 Å². The number of benzene rings is 2. The first-order valence-corrected chi connectivity index (χ1v) is 13.5. The van der Waals surface area contributed by atoms with Gasteiger partial charge in [0, 0.05) is 50.4 Å². The first-order valence-electron chi connectivity index (χ1n) is 13.5. The second-order valence-corrected chi connectivity index (χ2v) is 10.2. The molecular formula is C31H35F3N2O6. The number of methoxy groups -OCH3 is 3. The van der Waals surface area contributed by atoms with E-state index in [0.717, 1.165) is 36.4 Å². The van der Waals surface area contributed by atoms with Crippen molar-refractivity contribution in [2.75, 3.05) is 48.1 Å². The van der Waals surface area contributed by atoms with Crippen molar-refractivity contribution in [2.45, 2.75) is 38.4 Å². The fourth-order valence-electron chi connectivity index (χ4n) is 5.74. The van der Waals surface area contributed by atoms with Gasteiger partial charge < -0.3 is 23.8 Å². The molecule has 0 N–H and O–H groups in total. The minimum atomic E-state index is -4.51. The van der Waals surface area contributed by atoms with E-state index in [1.54, 1.807) is 14.2 Å². The van der Waals surface area contributed by atoms with Gasteiger partial charge in [-0.3, -0.25) is 9.69 Å². The number of fused-ring (bicyclic) bond motifs is 1. The molecule has 2 aromatic rings. The third-order valence-corrected chi connectivity index (χ3v) is 8.07. The summed E-state index contributed by atoms with van der Waals surface area (Å²) in [5.41, 5.74) is 4.31. The summed E-state index contributed by atoms with van der Waals surface area (Å²) in [6.07, 6.45) is -3.22. The van der Waals surface area contributed by atoms with E-state index < -0.39 is 23.6 Å². The molecule has 0 amide bonds. The number of hydrogen-bond acceptors (Lipinski definition) is 8. The number of allylic oxidation sites excluding steroid dienone is 1. The number of ether oxygens (including phenoxy) is 4. The average Bonchev–Trinajstić information content (AvgIpc) is 2.99. The van der Waals surface area contributed by atoms with Crippen LogP contribution in [0.3, 0.4) is 0 Å². The third-order valence-electron chi connectivity index (χ3n) is 8.07. The van der Waals surface area contributed by atoms with Crippen LogP contribution in [0.25, 0.3) is 0 Å². The maximum atomic E-state index is 13.3. The van der Waals surface area contributed by atoms with Crippen molar-refractivity contribution in [3.8, 4) is 11.5 Å². The maximum absolute atomic E-state index is 13.3. The van der Waals surface area contributed by atoms with E-state index in [9.17, 15) is 22.8 Å². The lowest BCUT2D eigenvalue weighted by Crippen LogP contribution is -2.36. The standard InChI is InChI=1S/C31H35F3N2O6/c1-19-24(17-42-18-37)28(20-6-8-23(9-7-20)31(32,33)34)29(30(38)41-5)25(35(19)2)11-13-36-12-10-21-14-26(39-3)27(40-4)15-22(21)16-36/h6-9,14-15,18,28H,10-13,16-17H2,1-5H3. The Morgan fingerprint density at radius 2 is 1.69 bits per heavy atom. The predicted octanol–water partition coefficient (Wildman–Crippen LogP) is 5.07. The SMILES string of the molecule is COC(=O)C1=C(CCN2CCc3cc(OC)c(OC)cc3C2)N(C)C(C)=C(COC=O)C1c1ccc(C(F)(F)F)cc1. The van der Waals surface area contributed by atoms with Crippen LogP contribution in [-0.4, -0.2) is 70.3 Å². The molecule has 0 bridgehead atoms. The van der Waals surface area contributed by atoms with Crippen LogP contribution in [0, 0.1) is 0 Å². The highest BCUT2D eigenvalue weighted by Gasteiger charge is 2.38. The topological polar surface area (TPSA) is 77.5 Å². The molecule has 0 aromatic heterocycles. The molecule has 11 heteroatoms. The number of carbonyl (C=O) groups excluding carboxylic acids is 2. The van der Waals surface area contributed by atoms with Crippen LogP contribution in [0.2, 0.25) is 0 Å². The summed E-state index contributed by atoms with van der Waals surface area (Å²) in [7, 11) is 6.30. The number of esters is 1. The van der Waals surface area contributed by atoms with Gasteiger partial charge in [-0.1, -0.05) is 12.1 Å². The predicted molar refractivity (Wildman–Crippen MR) is 149 cm³/mol. The van der Waals surface area contributed by atoms with Crippen LogP contribution in [-0.2, 0) is 38.2 Å². The van der Waals surface area contributed by atoms with Crippen molar-refractivity contribution in [2.24, 2.45) is 0 Å². The van der Waals surface area contributed by atoms with Gasteiger partial charge in [0.2, 0.25) is 0 Å². The molecule has 0 fully saturated rings. The van der Waals surface area contributed by atoms with E-state index in [4.69, 9.17) is 18.9 Å². The first-order chi connectivity index (χ1) is 20.0. The summed E-state index contributed by atoms with van der Waals surface area (Å²) < 4.78 is 61.2. The van der Waals surface area contributed by atoms with E-state index in [0.29, 0.717) is 59.9 Å². The Morgan fingerprint density at radius 1 is 1.05 bits per heavy atom. The Balaban J connectivity index is 1.70. The fraction of sp³-hybridized carbons (Fsp3) is 0.419. The van der Waals surface area contributed by atoms with E-state index in [1.165, 1.54) is 24.8 Å². The van der Waals surface area contributed by atoms with Gasteiger partial charge in [0.15, 0.2) is 11.5 Å². The number of halogens is 3. The number of nitrogens with zero attached hydrogens (tertiary/aromatic N) is 2. The molecule has 0 aliphatic carbocycles. The fourth-order valence-corrected chi connectivity index (χ4v) is 5.74. The van der Waals surface area contributed by atoms with Gasteiger partial charge in [-0.15, -0.1) is 0 Å². The average molecular weight is 589 g/mol. The van der Waals surface area contributed by atoms with Crippen molar-refractivity contribution in [1.82, 2.24) is 9.80 Å². The lowest BCUT2D eigenvalue weighted by Gasteiger charge is -2.38. The summed E-state index contributed by atoms with van der Waals surface area (Å²) in [6, 6.07) is 8.69. The monoisotopic (exact) mass is 588 g/mol. The second kappa shape index (κ2) is 12.9. The molecule has 0 spiro atoms. The van der Waals surface area contributed by atoms with Gasteiger partial charge in [-0.05, 0) is 59.9 Å². The summed E-state index contributed by atoms with van der Waals surface area (Å²) in [5, 5.41) is 0. The smallest absolute Gasteiger partial charge is 0.416 e. The normalized spacial score (nSPS) is 17.6. The molecule has 2 aliphatic rings. The molecule has 2 heterocycles. The molecule has 8 nitrogen and oxygen atoms in total. The number of hydrogen-bond donors (Lipinski definition) is 0. The largest absolute Gasteiger partial charge is 0.493 e. The minimum Gasteiger partial charge on any atom is -0.493 e.